The largest absolute Gasteiger partial charge is 0.505 e. The van der Waals surface area contributed by atoms with Crippen LogP contribution in [0.15, 0.2) is 96.5 Å². The third-order valence-corrected chi connectivity index (χ3v) is 11.0. The molecule has 0 spiro atoms. The number of hydrogen-bond acceptors (Lipinski definition) is 12. The standard InChI is InChI=1S/C26H23ClN4O10S4/c1-15(32)28-23-14-22(30-29-20-11-10-16(42(2,34)35)13-24(20)43(3,36)37)25-19(26(23)33)8-5-9-21(25)31-45(40,41)18-7-4-6-17(12-18)44(27,38)39/h4-14,31,33H,1-3H3,(H,28,32)/b30-29+. The normalized spacial score (nSPS) is 12.8. The third-order valence-electron chi connectivity index (χ3n) is 6.09. The van der Waals surface area contributed by atoms with E-state index in [0.29, 0.717) is 0 Å². The summed E-state index contributed by atoms with van der Waals surface area (Å²) in [5, 5.41) is 21.4. The number of carbonyl (C=O) groups is 1. The number of hydrogen-bond donors (Lipinski definition) is 3. The molecule has 0 heterocycles. The highest BCUT2D eigenvalue weighted by Crippen LogP contribution is 2.44. The maximum atomic E-state index is 13.3. The van der Waals surface area contributed by atoms with Crippen molar-refractivity contribution in [2.45, 2.75) is 26.5 Å². The zero-order chi connectivity index (χ0) is 33.5. The number of sulfone groups is 2. The van der Waals surface area contributed by atoms with Gasteiger partial charge in [-0.2, -0.15) is 0 Å². The molecule has 19 heteroatoms. The Bertz CT molecular complexity index is 2360. The van der Waals surface area contributed by atoms with E-state index in [1.54, 1.807) is 0 Å². The zero-order valence-electron chi connectivity index (χ0n) is 23.4. The van der Waals surface area contributed by atoms with Crippen LogP contribution < -0.4 is 10.0 Å². The highest BCUT2D eigenvalue weighted by Gasteiger charge is 2.23. The molecule has 0 unspecified atom stereocenters. The summed E-state index contributed by atoms with van der Waals surface area (Å²) >= 11 is 0. The lowest BCUT2D eigenvalue weighted by molar-refractivity contribution is -0.114. The van der Waals surface area contributed by atoms with Gasteiger partial charge in [-0.15, -0.1) is 10.2 Å². The highest BCUT2D eigenvalue weighted by molar-refractivity contribution is 8.13. The van der Waals surface area contributed by atoms with Crippen LogP contribution in [-0.4, -0.2) is 57.2 Å². The van der Waals surface area contributed by atoms with Gasteiger partial charge in [-0.3, -0.25) is 9.52 Å². The number of phenols is 1. The van der Waals surface area contributed by atoms with E-state index in [1.165, 1.54) is 31.2 Å². The van der Waals surface area contributed by atoms with Gasteiger partial charge >= 0.3 is 0 Å². The second-order valence-electron chi connectivity index (χ2n) is 9.59. The Balaban J connectivity index is 1.96. The van der Waals surface area contributed by atoms with Crippen LogP contribution in [0.2, 0.25) is 0 Å². The van der Waals surface area contributed by atoms with Crippen molar-refractivity contribution >= 4 is 88.9 Å². The Morgan fingerprint density at radius 1 is 0.733 bits per heavy atom. The molecule has 0 radical (unpaired) electrons. The Kier molecular flexibility index (Phi) is 9.02. The molecule has 0 saturated heterocycles. The summed E-state index contributed by atoms with van der Waals surface area (Å²) in [6.07, 6.45) is 1.74. The lowest BCUT2D eigenvalue weighted by atomic mass is 10.0. The van der Waals surface area contributed by atoms with E-state index >= 15 is 0 Å². The van der Waals surface area contributed by atoms with Crippen molar-refractivity contribution in [1.29, 1.82) is 0 Å². The van der Waals surface area contributed by atoms with E-state index < -0.39 is 65.1 Å². The predicted molar refractivity (Wildman–Crippen MR) is 167 cm³/mol. The molecule has 0 aliphatic heterocycles. The number of amides is 1. The van der Waals surface area contributed by atoms with Crippen LogP contribution in [0.3, 0.4) is 0 Å². The fourth-order valence-corrected chi connectivity index (χ4v) is 7.65. The maximum absolute atomic E-state index is 13.3. The molecular formula is C26H23ClN4O10S4. The van der Waals surface area contributed by atoms with Crippen LogP contribution in [0.1, 0.15) is 6.92 Å². The number of phenolic OH excluding ortho intramolecular Hbond substituents is 1. The van der Waals surface area contributed by atoms with Gasteiger partial charge in [-0.1, -0.05) is 18.2 Å². The number of sulfonamides is 1. The number of azo groups is 1. The van der Waals surface area contributed by atoms with E-state index in [4.69, 9.17) is 10.7 Å². The smallest absolute Gasteiger partial charge is 0.261 e. The first kappa shape index (κ1) is 33.8. The van der Waals surface area contributed by atoms with Crippen LogP contribution in [0.4, 0.5) is 22.7 Å². The molecule has 14 nitrogen and oxygen atoms in total. The lowest BCUT2D eigenvalue weighted by Gasteiger charge is -2.15. The molecule has 0 bridgehead atoms. The average Bonchev–Trinajstić information content (AvgIpc) is 2.92. The van der Waals surface area contributed by atoms with Crippen molar-refractivity contribution in [2.24, 2.45) is 10.2 Å². The van der Waals surface area contributed by atoms with Gasteiger partial charge in [0.1, 0.15) is 11.4 Å². The number of nitrogens with one attached hydrogen (secondary N) is 2. The van der Waals surface area contributed by atoms with E-state index in [9.17, 15) is 43.6 Å². The molecule has 4 rings (SSSR count). The van der Waals surface area contributed by atoms with Gasteiger partial charge in [0.25, 0.3) is 19.1 Å². The summed E-state index contributed by atoms with van der Waals surface area (Å²) in [5.41, 5.74) is -0.723. The Morgan fingerprint density at radius 2 is 1.36 bits per heavy atom. The van der Waals surface area contributed by atoms with Crippen LogP contribution >= 0.6 is 10.7 Å². The van der Waals surface area contributed by atoms with E-state index in [2.05, 4.69) is 20.3 Å². The molecule has 1 amide bonds. The average molecular weight is 715 g/mol. The molecule has 0 saturated carbocycles. The van der Waals surface area contributed by atoms with Gasteiger partial charge in [0.2, 0.25) is 5.91 Å². The Labute approximate surface area is 263 Å². The van der Waals surface area contributed by atoms with Crippen molar-refractivity contribution in [3.63, 3.8) is 0 Å². The molecule has 238 valence electrons. The number of nitrogens with zero attached hydrogens (tertiary/aromatic N) is 2. The van der Waals surface area contributed by atoms with Gasteiger partial charge in [-0.25, -0.2) is 33.7 Å². The first-order valence-corrected chi connectivity index (χ1v) is 19.9. The number of carbonyl (C=O) groups excluding carboxylic acids is 1. The number of aromatic hydroxyl groups is 1. The van der Waals surface area contributed by atoms with Crippen LogP contribution in [0.5, 0.6) is 5.75 Å². The second kappa shape index (κ2) is 12.0. The SMILES string of the molecule is CC(=O)Nc1cc(/N=N/c2ccc(S(C)(=O)=O)cc2S(C)(=O)=O)c2c(NS(=O)(=O)c3cccc(S(=O)(=O)Cl)c3)cccc2c1O. The monoisotopic (exact) mass is 714 g/mol. The summed E-state index contributed by atoms with van der Waals surface area (Å²) in [6, 6.07) is 12.6. The Hall–Kier alpha value is -4.10. The molecule has 0 aliphatic carbocycles. The lowest BCUT2D eigenvalue weighted by Crippen LogP contribution is -2.14. The fraction of sp³-hybridized carbons (Fsp3) is 0.115. The molecule has 45 heavy (non-hydrogen) atoms. The topological polar surface area (TPSA) is 223 Å². The highest BCUT2D eigenvalue weighted by atomic mass is 35.7. The minimum atomic E-state index is -4.49. The van der Waals surface area contributed by atoms with Crippen molar-refractivity contribution in [3.8, 4) is 5.75 Å². The van der Waals surface area contributed by atoms with Crippen molar-refractivity contribution in [3.05, 3.63) is 66.7 Å². The fourth-order valence-electron chi connectivity index (χ4n) is 4.11. The molecule has 3 N–H and O–H groups in total. The first-order valence-electron chi connectivity index (χ1n) is 12.3. The van der Waals surface area contributed by atoms with E-state index in [-0.39, 0.29) is 38.4 Å². The molecule has 0 aromatic heterocycles. The van der Waals surface area contributed by atoms with Crippen LogP contribution in [-0.2, 0) is 43.5 Å². The number of benzene rings is 4. The van der Waals surface area contributed by atoms with Gasteiger partial charge in [0.05, 0.1) is 36.6 Å². The number of rotatable bonds is 9. The van der Waals surface area contributed by atoms with Gasteiger partial charge in [-0.05, 0) is 48.5 Å². The van der Waals surface area contributed by atoms with Crippen LogP contribution in [0.25, 0.3) is 10.8 Å². The molecule has 4 aromatic rings. The van der Waals surface area contributed by atoms with Gasteiger partial charge in [0, 0.05) is 40.9 Å². The summed E-state index contributed by atoms with van der Waals surface area (Å²) in [7, 11) is -11.2. The van der Waals surface area contributed by atoms with Crippen molar-refractivity contribution in [1.82, 2.24) is 0 Å². The molecule has 0 fully saturated rings. The van der Waals surface area contributed by atoms with Crippen molar-refractivity contribution < 1.29 is 43.6 Å². The number of halogens is 1. The summed E-state index contributed by atoms with van der Waals surface area (Å²) in [4.78, 5) is 10.1. The summed E-state index contributed by atoms with van der Waals surface area (Å²) in [5.74, 6) is -1.04. The Morgan fingerprint density at radius 3 is 1.96 bits per heavy atom. The first-order chi connectivity index (χ1) is 20.7. The van der Waals surface area contributed by atoms with E-state index in [1.807, 2.05) is 0 Å². The van der Waals surface area contributed by atoms with Crippen molar-refractivity contribution in [2.75, 3.05) is 22.6 Å². The summed E-state index contributed by atoms with van der Waals surface area (Å²) in [6.45, 7) is 1.17. The molecule has 0 aliphatic rings. The predicted octanol–water partition coefficient (Wildman–Crippen LogP) is 4.45. The second-order valence-corrected chi connectivity index (χ2v) is 17.8. The minimum absolute atomic E-state index is 0.0109. The molecule has 0 atom stereocenters. The van der Waals surface area contributed by atoms with E-state index in [0.717, 1.165) is 55.0 Å². The summed E-state index contributed by atoms with van der Waals surface area (Å²) < 4.78 is 102. The van der Waals surface area contributed by atoms with Crippen LogP contribution in [0, 0.1) is 0 Å². The molecule has 4 aromatic carbocycles. The minimum Gasteiger partial charge on any atom is -0.505 e. The number of anilines is 2. The third kappa shape index (κ3) is 7.59. The quantitative estimate of drug-likeness (QED) is 0.125. The maximum Gasteiger partial charge on any atom is 0.261 e. The van der Waals surface area contributed by atoms with Gasteiger partial charge < -0.3 is 10.4 Å². The zero-order valence-corrected chi connectivity index (χ0v) is 27.4. The molecular weight excluding hydrogens is 692 g/mol. The number of fused-ring (bicyclic) bond motifs is 1. The van der Waals surface area contributed by atoms with Gasteiger partial charge in [0.15, 0.2) is 19.7 Å².